The Bertz CT molecular complexity index is 646. The van der Waals surface area contributed by atoms with E-state index in [1.807, 2.05) is 38.1 Å². The van der Waals surface area contributed by atoms with Gasteiger partial charge in [-0.3, -0.25) is 0 Å². The molecule has 0 aliphatic rings. The fraction of sp³-hybridized carbons (Fsp3) is 0.412. The van der Waals surface area contributed by atoms with Crippen LogP contribution < -0.4 is 15.0 Å². The summed E-state index contributed by atoms with van der Waals surface area (Å²) in [6.07, 6.45) is 2.13. The molecule has 0 spiro atoms. The predicted molar refractivity (Wildman–Crippen MR) is 90.7 cm³/mol. The second kappa shape index (κ2) is 7.76. The van der Waals surface area contributed by atoms with Crippen molar-refractivity contribution in [3.63, 3.8) is 0 Å². The van der Waals surface area contributed by atoms with E-state index in [-0.39, 0.29) is 11.9 Å². The van der Waals surface area contributed by atoms with Crippen molar-refractivity contribution in [2.45, 2.75) is 26.4 Å². The first-order chi connectivity index (χ1) is 11.0. The summed E-state index contributed by atoms with van der Waals surface area (Å²) in [5.41, 5.74) is 1.16. The summed E-state index contributed by atoms with van der Waals surface area (Å²) in [7, 11) is 3.49. The van der Waals surface area contributed by atoms with Crippen LogP contribution >= 0.6 is 0 Å². The molecule has 0 bridgehead atoms. The maximum Gasteiger partial charge on any atom is 0.224 e. The molecule has 0 aliphatic carbocycles. The molecule has 0 radical (unpaired) electrons. The Morgan fingerprint density at radius 1 is 1.30 bits per heavy atom. The van der Waals surface area contributed by atoms with E-state index < -0.39 is 5.82 Å². The maximum absolute atomic E-state index is 13.5. The number of aromatic nitrogens is 2. The first-order valence-electron chi connectivity index (χ1n) is 7.65. The minimum absolute atomic E-state index is 0.153. The average molecular weight is 318 g/mol. The van der Waals surface area contributed by atoms with Gasteiger partial charge in [-0.05, 0) is 38.0 Å². The second-order valence-corrected chi connectivity index (χ2v) is 5.75. The summed E-state index contributed by atoms with van der Waals surface area (Å²) >= 11 is 0. The molecular formula is C17H23FN4O. The Balaban J connectivity index is 1.93. The van der Waals surface area contributed by atoms with Crippen LogP contribution in [-0.2, 0) is 6.42 Å². The number of ether oxygens (including phenoxy) is 1. The van der Waals surface area contributed by atoms with Crippen molar-refractivity contribution < 1.29 is 9.13 Å². The predicted octanol–water partition coefficient (Wildman–Crippen LogP) is 3.12. The van der Waals surface area contributed by atoms with E-state index >= 15 is 0 Å². The maximum atomic E-state index is 13.5. The van der Waals surface area contributed by atoms with E-state index in [0.29, 0.717) is 12.5 Å². The van der Waals surface area contributed by atoms with Crippen LogP contribution in [0.15, 0.2) is 30.5 Å². The number of nitrogens with zero attached hydrogens (tertiary/aromatic N) is 3. The Labute approximate surface area is 136 Å². The molecule has 0 fully saturated rings. The third kappa shape index (κ3) is 5.09. The number of nitrogens with one attached hydrogen (secondary N) is 1. The topological polar surface area (TPSA) is 50.3 Å². The van der Waals surface area contributed by atoms with Crippen molar-refractivity contribution in [3.05, 3.63) is 41.8 Å². The lowest BCUT2D eigenvalue weighted by atomic mass is 10.1. The molecule has 0 aliphatic heterocycles. The van der Waals surface area contributed by atoms with Gasteiger partial charge in [0.2, 0.25) is 5.95 Å². The normalized spacial score (nSPS) is 10.7. The van der Waals surface area contributed by atoms with Gasteiger partial charge in [0.1, 0.15) is 5.75 Å². The third-order valence-electron chi connectivity index (χ3n) is 3.12. The quantitative estimate of drug-likeness (QED) is 0.850. The molecule has 124 valence electrons. The molecule has 0 amide bonds. The number of hydrogen-bond donors (Lipinski definition) is 1. The highest BCUT2D eigenvalue weighted by Gasteiger charge is 2.08. The summed E-state index contributed by atoms with van der Waals surface area (Å²) in [4.78, 5) is 9.74. The van der Waals surface area contributed by atoms with Crippen LogP contribution in [0.5, 0.6) is 5.75 Å². The van der Waals surface area contributed by atoms with Crippen LogP contribution in [0.2, 0.25) is 0 Å². The van der Waals surface area contributed by atoms with Crippen LogP contribution in [0.4, 0.5) is 16.2 Å². The Morgan fingerprint density at radius 2 is 2.09 bits per heavy atom. The Hall–Kier alpha value is -2.37. The second-order valence-electron chi connectivity index (χ2n) is 5.75. The number of rotatable bonds is 7. The highest BCUT2D eigenvalue weighted by atomic mass is 19.1. The minimum Gasteiger partial charge on any atom is -0.491 e. The molecule has 1 N–H and O–H groups in total. The van der Waals surface area contributed by atoms with Gasteiger partial charge in [0.05, 0.1) is 12.3 Å². The SMILES string of the molecule is CC(C)Oc1cccc(CCNc2ncc(F)c(N(C)C)n2)c1. The number of anilines is 2. The molecule has 0 saturated heterocycles. The zero-order valence-corrected chi connectivity index (χ0v) is 14.0. The summed E-state index contributed by atoms with van der Waals surface area (Å²) in [5, 5.41) is 3.12. The van der Waals surface area contributed by atoms with Gasteiger partial charge in [0.15, 0.2) is 11.6 Å². The standard InChI is InChI=1S/C17H23FN4O/c1-12(2)23-14-7-5-6-13(10-14)8-9-19-17-20-11-15(18)16(21-17)22(3)4/h5-7,10-12H,8-9H2,1-4H3,(H,19,20,21). The van der Waals surface area contributed by atoms with Gasteiger partial charge < -0.3 is 15.0 Å². The van der Waals surface area contributed by atoms with Gasteiger partial charge in [0, 0.05) is 20.6 Å². The highest BCUT2D eigenvalue weighted by molar-refractivity contribution is 5.42. The fourth-order valence-electron chi connectivity index (χ4n) is 2.12. The number of halogens is 1. The highest BCUT2D eigenvalue weighted by Crippen LogP contribution is 2.16. The van der Waals surface area contributed by atoms with Gasteiger partial charge in [0.25, 0.3) is 0 Å². The van der Waals surface area contributed by atoms with Crippen molar-refractivity contribution in [3.8, 4) is 5.75 Å². The smallest absolute Gasteiger partial charge is 0.224 e. The van der Waals surface area contributed by atoms with Crippen LogP contribution in [-0.4, -0.2) is 36.7 Å². The summed E-state index contributed by atoms with van der Waals surface area (Å²) in [6.45, 7) is 4.66. The van der Waals surface area contributed by atoms with Crippen molar-refractivity contribution in [1.29, 1.82) is 0 Å². The van der Waals surface area contributed by atoms with Crippen molar-refractivity contribution in [1.82, 2.24) is 9.97 Å². The van der Waals surface area contributed by atoms with Crippen LogP contribution in [0.3, 0.4) is 0 Å². The molecule has 6 heteroatoms. The van der Waals surface area contributed by atoms with Crippen molar-refractivity contribution in [2.75, 3.05) is 30.9 Å². The largest absolute Gasteiger partial charge is 0.491 e. The number of hydrogen-bond acceptors (Lipinski definition) is 5. The molecular weight excluding hydrogens is 295 g/mol. The molecule has 1 aromatic carbocycles. The Kier molecular flexibility index (Phi) is 5.73. The minimum atomic E-state index is -0.431. The monoisotopic (exact) mass is 318 g/mol. The molecule has 2 aromatic rings. The molecule has 5 nitrogen and oxygen atoms in total. The van der Waals surface area contributed by atoms with Crippen molar-refractivity contribution >= 4 is 11.8 Å². The van der Waals surface area contributed by atoms with Gasteiger partial charge in [-0.15, -0.1) is 0 Å². The van der Waals surface area contributed by atoms with E-state index in [9.17, 15) is 4.39 Å². The lowest BCUT2D eigenvalue weighted by Gasteiger charge is -2.13. The lowest BCUT2D eigenvalue weighted by Crippen LogP contribution is -2.15. The van der Waals surface area contributed by atoms with Crippen LogP contribution in [0.25, 0.3) is 0 Å². The van der Waals surface area contributed by atoms with Gasteiger partial charge in [-0.25, -0.2) is 9.37 Å². The molecule has 2 rings (SSSR count). The summed E-state index contributed by atoms with van der Waals surface area (Å²) in [5.74, 6) is 1.13. The number of benzene rings is 1. The van der Waals surface area contributed by atoms with E-state index in [2.05, 4.69) is 15.3 Å². The van der Waals surface area contributed by atoms with Crippen molar-refractivity contribution in [2.24, 2.45) is 0 Å². The van der Waals surface area contributed by atoms with Crippen LogP contribution in [0, 0.1) is 5.82 Å². The first-order valence-corrected chi connectivity index (χ1v) is 7.65. The average Bonchev–Trinajstić information content (AvgIpc) is 2.48. The zero-order valence-electron chi connectivity index (χ0n) is 14.0. The van der Waals surface area contributed by atoms with E-state index in [0.717, 1.165) is 17.7 Å². The zero-order chi connectivity index (χ0) is 16.8. The molecule has 0 unspecified atom stereocenters. The summed E-state index contributed by atoms with van der Waals surface area (Å²) in [6, 6.07) is 8.00. The van der Waals surface area contributed by atoms with Gasteiger partial charge >= 0.3 is 0 Å². The third-order valence-corrected chi connectivity index (χ3v) is 3.12. The fourth-order valence-corrected chi connectivity index (χ4v) is 2.12. The molecule has 0 saturated carbocycles. The van der Waals surface area contributed by atoms with E-state index in [1.165, 1.54) is 6.20 Å². The molecule has 23 heavy (non-hydrogen) atoms. The molecule has 1 heterocycles. The van der Waals surface area contributed by atoms with Crippen LogP contribution in [0.1, 0.15) is 19.4 Å². The van der Waals surface area contributed by atoms with Gasteiger partial charge in [-0.1, -0.05) is 12.1 Å². The Morgan fingerprint density at radius 3 is 2.78 bits per heavy atom. The first kappa shape index (κ1) is 17.0. The van der Waals surface area contributed by atoms with E-state index in [1.54, 1.807) is 19.0 Å². The van der Waals surface area contributed by atoms with E-state index in [4.69, 9.17) is 4.74 Å². The molecule has 0 atom stereocenters. The lowest BCUT2D eigenvalue weighted by molar-refractivity contribution is 0.242. The van der Waals surface area contributed by atoms with Gasteiger partial charge in [-0.2, -0.15) is 4.98 Å². The molecule has 1 aromatic heterocycles. The summed E-state index contributed by atoms with van der Waals surface area (Å²) < 4.78 is 19.2.